The molecule has 0 aliphatic carbocycles. The molecule has 3 aromatic rings. The number of hydrogen-bond donors (Lipinski definition) is 1. The third-order valence-electron chi connectivity index (χ3n) is 5.39. The van der Waals surface area contributed by atoms with Crippen molar-refractivity contribution >= 4 is 11.6 Å². The monoisotopic (exact) mass is 518 g/mol. The first-order valence-electron chi connectivity index (χ1n) is 11.1. The number of nitrogens with zero attached hydrogens (tertiary/aromatic N) is 1. The number of alkyl halides is 3. The summed E-state index contributed by atoms with van der Waals surface area (Å²) < 4.78 is 46.2. The summed E-state index contributed by atoms with van der Waals surface area (Å²) in [5, 5.41) is 0.179. The van der Waals surface area contributed by atoms with E-state index in [2.05, 4.69) is 21.6 Å². The molecular formula is C27H26ClF3N2O3. The predicted octanol–water partition coefficient (Wildman–Crippen LogP) is 5.71. The van der Waals surface area contributed by atoms with Crippen LogP contribution in [0, 0.1) is 25.7 Å². The highest BCUT2D eigenvalue weighted by atomic mass is 35.5. The molecule has 1 N–H and O–H groups in total. The number of pyridine rings is 1. The summed E-state index contributed by atoms with van der Waals surface area (Å²) in [5.41, 5.74) is 4.05. The van der Waals surface area contributed by atoms with Crippen LogP contribution in [0.25, 0.3) is 11.1 Å². The molecule has 0 amide bonds. The van der Waals surface area contributed by atoms with E-state index in [1.54, 1.807) is 26.2 Å². The summed E-state index contributed by atoms with van der Waals surface area (Å²) in [6, 6.07) is 13.1. The number of nitrogens with one attached hydrogen (secondary N) is 1. The lowest BCUT2D eigenvalue weighted by Crippen LogP contribution is -2.27. The van der Waals surface area contributed by atoms with Gasteiger partial charge < -0.3 is 14.5 Å². The van der Waals surface area contributed by atoms with E-state index in [9.17, 15) is 18.0 Å². The second kappa shape index (κ2) is 12.1. The quantitative estimate of drug-likeness (QED) is 0.388. The summed E-state index contributed by atoms with van der Waals surface area (Å²) in [6.45, 7) is 5.59. The fourth-order valence-corrected chi connectivity index (χ4v) is 3.80. The molecule has 0 saturated heterocycles. The molecule has 2 aromatic carbocycles. The molecule has 1 aromatic heterocycles. The lowest BCUT2D eigenvalue weighted by atomic mass is 10.0. The van der Waals surface area contributed by atoms with Gasteiger partial charge >= 0.3 is 6.36 Å². The van der Waals surface area contributed by atoms with Crippen molar-refractivity contribution in [3.63, 3.8) is 0 Å². The Morgan fingerprint density at radius 1 is 1.03 bits per heavy atom. The van der Waals surface area contributed by atoms with Gasteiger partial charge in [0.15, 0.2) is 0 Å². The number of aryl methyl sites for hydroxylation is 2. The second-order valence-corrected chi connectivity index (χ2v) is 8.55. The first kappa shape index (κ1) is 27.3. The molecule has 5 nitrogen and oxygen atoms in total. The summed E-state index contributed by atoms with van der Waals surface area (Å²) in [4.78, 5) is 17.8. The molecule has 0 aliphatic heterocycles. The van der Waals surface area contributed by atoms with Crippen LogP contribution in [-0.4, -0.2) is 43.1 Å². The van der Waals surface area contributed by atoms with E-state index in [1.165, 1.54) is 12.1 Å². The Balaban J connectivity index is 1.69. The van der Waals surface area contributed by atoms with Gasteiger partial charge in [0.1, 0.15) is 10.8 Å². The van der Waals surface area contributed by atoms with Gasteiger partial charge in [0.05, 0.1) is 13.2 Å². The van der Waals surface area contributed by atoms with Crippen molar-refractivity contribution in [2.24, 2.45) is 0 Å². The van der Waals surface area contributed by atoms with Gasteiger partial charge in [0.25, 0.3) is 0 Å². The molecule has 0 radical (unpaired) electrons. The minimum Gasteiger partial charge on any atom is -0.406 e. The molecular weight excluding hydrogens is 493 g/mol. The third-order valence-corrected chi connectivity index (χ3v) is 5.84. The van der Waals surface area contributed by atoms with Gasteiger partial charge in [-0.2, -0.15) is 0 Å². The highest BCUT2D eigenvalue weighted by Gasteiger charge is 2.30. The minimum absolute atomic E-state index is 0.179. The largest absolute Gasteiger partial charge is 0.573 e. The van der Waals surface area contributed by atoms with Gasteiger partial charge in [0.2, 0.25) is 5.43 Å². The predicted molar refractivity (Wildman–Crippen MR) is 134 cm³/mol. The topological polar surface area (TPSA) is 54.6 Å². The van der Waals surface area contributed by atoms with Crippen LogP contribution in [0.4, 0.5) is 13.2 Å². The van der Waals surface area contributed by atoms with Crippen LogP contribution in [0.2, 0.25) is 5.02 Å². The molecule has 0 bridgehead atoms. The number of aromatic nitrogens is 1. The van der Waals surface area contributed by atoms with Crippen molar-refractivity contribution in [3.8, 4) is 28.7 Å². The lowest BCUT2D eigenvalue weighted by Gasteiger charge is -2.19. The summed E-state index contributed by atoms with van der Waals surface area (Å²) in [5.74, 6) is 5.98. The Morgan fingerprint density at radius 2 is 1.69 bits per heavy atom. The van der Waals surface area contributed by atoms with Gasteiger partial charge in [-0.1, -0.05) is 47.7 Å². The van der Waals surface area contributed by atoms with Crippen molar-refractivity contribution in [2.75, 3.05) is 26.8 Å². The van der Waals surface area contributed by atoms with Crippen LogP contribution in [0.15, 0.2) is 53.3 Å². The SMILES string of the molecule is COCCN(CC#Cc1ccc(-c2c(C)[nH]c(C)c(Cl)c2=O)cc1)Cc1ccc(OC(F)(F)F)cc1. The molecule has 0 unspecified atom stereocenters. The van der Waals surface area contributed by atoms with E-state index < -0.39 is 6.36 Å². The Hall–Kier alpha value is -3.25. The first-order chi connectivity index (χ1) is 17.1. The zero-order valence-electron chi connectivity index (χ0n) is 20.1. The van der Waals surface area contributed by atoms with E-state index in [-0.39, 0.29) is 16.2 Å². The molecule has 0 saturated carbocycles. The number of benzene rings is 2. The maximum absolute atomic E-state index is 12.6. The molecule has 0 spiro atoms. The molecule has 36 heavy (non-hydrogen) atoms. The average molecular weight is 519 g/mol. The van der Waals surface area contributed by atoms with Crippen LogP contribution in [0.5, 0.6) is 5.75 Å². The van der Waals surface area contributed by atoms with Crippen LogP contribution in [0.3, 0.4) is 0 Å². The van der Waals surface area contributed by atoms with Crippen molar-refractivity contribution in [1.82, 2.24) is 9.88 Å². The van der Waals surface area contributed by atoms with Crippen molar-refractivity contribution in [1.29, 1.82) is 0 Å². The molecule has 0 fully saturated rings. The van der Waals surface area contributed by atoms with Crippen LogP contribution in [0.1, 0.15) is 22.5 Å². The van der Waals surface area contributed by atoms with E-state index in [0.717, 1.165) is 22.4 Å². The van der Waals surface area contributed by atoms with Crippen LogP contribution in [-0.2, 0) is 11.3 Å². The Bertz CT molecular complexity index is 1290. The van der Waals surface area contributed by atoms with Gasteiger partial charge in [-0.05, 0) is 49.2 Å². The summed E-state index contributed by atoms with van der Waals surface area (Å²) >= 11 is 6.13. The summed E-state index contributed by atoms with van der Waals surface area (Å²) in [7, 11) is 1.60. The highest BCUT2D eigenvalue weighted by molar-refractivity contribution is 6.31. The number of hydrogen-bond acceptors (Lipinski definition) is 4. The third kappa shape index (κ3) is 7.62. The number of ether oxygens (including phenoxy) is 2. The molecule has 1 heterocycles. The van der Waals surface area contributed by atoms with Crippen LogP contribution >= 0.6 is 11.6 Å². The van der Waals surface area contributed by atoms with E-state index >= 15 is 0 Å². The Labute approximate surface area is 212 Å². The number of aromatic amines is 1. The van der Waals surface area contributed by atoms with E-state index in [0.29, 0.717) is 37.5 Å². The maximum Gasteiger partial charge on any atom is 0.573 e. The zero-order valence-corrected chi connectivity index (χ0v) is 20.9. The standard InChI is InChI=1S/C27H26ClF3N2O3/c1-18-24(26(34)25(28)19(2)32-18)22-10-6-20(7-11-22)5-4-14-33(15-16-35-3)17-21-8-12-23(13-9-21)36-27(29,30)31/h6-13H,14-17H2,1-3H3,(H,32,34). The molecule has 9 heteroatoms. The van der Waals surface area contributed by atoms with Crippen LogP contribution < -0.4 is 10.2 Å². The van der Waals surface area contributed by atoms with E-state index in [4.69, 9.17) is 16.3 Å². The fraction of sp³-hybridized carbons (Fsp3) is 0.296. The lowest BCUT2D eigenvalue weighted by molar-refractivity contribution is -0.274. The van der Waals surface area contributed by atoms with Gasteiger partial charge in [-0.15, -0.1) is 13.2 Å². The fourth-order valence-electron chi connectivity index (χ4n) is 3.66. The minimum atomic E-state index is -4.72. The number of rotatable bonds is 8. The Kier molecular flexibility index (Phi) is 9.21. The molecule has 3 rings (SSSR count). The molecule has 0 atom stereocenters. The highest BCUT2D eigenvalue weighted by Crippen LogP contribution is 2.24. The van der Waals surface area contributed by atoms with Gasteiger partial charge in [-0.3, -0.25) is 9.69 Å². The van der Waals surface area contributed by atoms with E-state index in [1.807, 2.05) is 36.1 Å². The number of methoxy groups -OCH3 is 1. The summed E-state index contributed by atoms with van der Waals surface area (Å²) in [6.07, 6.45) is -4.72. The average Bonchev–Trinajstić information content (AvgIpc) is 2.82. The first-order valence-corrected chi connectivity index (χ1v) is 11.5. The number of H-pyrrole nitrogens is 1. The zero-order chi connectivity index (χ0) is 26.3. The second-order valence-electron chi connectivity index (χ2n) is 8.17. The Morgan fingerprint density at radius 3 is 2.31 bits per heavy atom. The van der Waals surface area contributed by atoms with Crippen molar-refractivity contribution in [2.45, 2.75) is 26.8 Å². The normalized spacial score (nSPS) is 11.3. The smallest absolute Gasteiger partial charge is 0.406 e. The molecule has 190 valence electrons. The van der Waals surface area contributed by atoms with Crippen molar-refractivity contribution < 1.29 is 22.6 Å². The van der Waals surface area contributed by atoms with Gasteiger partial charge in [-0.25, -0.2) is 0 Å². The molecule has 0 aliphatic rings. The van der Waals surface area contributed by atoms with Crippen molar-refractivity contribution in [3.05, 3.63) is 86.3 Å². The maximum atomic E-state index is 12.6. The number of halogens is 4. The van der Waals surface area contributed by atoms with Gasteiger partial charge in [0, 0.05) is 42.7 Å².